The molecule has 1 saturated heterocycles. The molecule has 2 nitrogen and oxygen atoms in total. The Morgan fingerprint density at radius 2 is 1.78 bits per heavy atom. The average molecular weight is 329 g/mol. The maximum atomic E-state index is 6.11. The SMILES string of the molecule is Cc1ccc(C)c(C(c2ccc(Cl)cc2)N2CCCNCC2)c1. The summed E-state index contributed by atoms with van der Waals surface area (Å²) >= 11 is 6.11. The molecule has 1 aliphatic heterocycles. The third-order valence-electron chi connectivity index (χ3n) is 4.65. The number of halogens is 1. The summed E-state index contributed by atoms with van der Waals surface area (Å²) in [5, 5.41) is 4.30. The van der Waals surface area contributed by atoms with Gasteiger partial charge in [-0.3, -0.25) is 4.90 Å². The van der Waals surface area contributed by atoms with Crippen molar-refractivity contribution in [3.8, 4) is 0 Å². The molecule has 1 N–H and O–H groups in total. The molecular formula is C20H25ClN2. The van der Waals surface area contributed by atoms with Crippen molar-refractivity contribution in [1.29, 1.82) is 0 Å². The van der Waals surface area contributed by atoms with Gasteiger partial charge in [0.1, 0.15) is 0 Å². The standard InChI is InChI=1S/C20H25ClN2/c1-15-4-5-16(2)19(14-15)20(17-6-8-18(21)9-7-17)23-12-3-10-22-11-13-23/h4-9,14,20,22H,3,10-13H2,1-2H3. The van der Waals surface area contributed by atoms with Crippen LogP contribution in [0.1, 0.15) is 34.7 Å². The smallest absolute Gasteiger partial charge is 0.0604 e. The molecule has 0 radical (unpaired) electrons. The summed E-state index contributed by atoms with van der Waals surface area (Å²) in [5.41, 5.74) is 5.41. The summed E-state index contributed by atoms with van der Waals surface area (Å²) in [6.07, 6.45) is 1.19. The van der Waals surface area contributed by atoms with Crippen molar-refractivity contribution in [3.63, 3.8) is 0 Å². The summed E-state index contributed by atoms with van der Waals surface area (Å²) in [7, 11) is 0. The third kappa shape index (κ3) is 3.95. The van der Waals surface area contributed by atoms with E-state index in [4.69, 9.17) is 11.6 Å². The van der Waals surface area contributed by atoms with Gasteiger partial charge < -0.3 is 5.32 Å². The number of hydrogen-bond donors (Lipinski definition) is 1. The Morgan fingerprint density at radius 3 is 2.57 bits per heavy atom. The highest BCUT2D eigenvalue weighted by molar-refractivity contribution is 6.30. The lowest BCUT2D eigenvalue weighted by molar-refractivity contribution is 0.240. The summed E-state index contributed by atoms with van der Waals surface area (Å²) in [6.45, 7) is 8.74. The number of aryl methyl sites for hydroxylation is 2. The molecule has 122 valence electrons. The Labute approximate surface area is 144 Å². The van der Waals surface area contributed by atoms with E-state index in [1.807, 2.05) is 12.1 Å². The van der Waals surface area contributed by atoms with Crippen molar-refractivity contribution in [2.45, 2.75) is 26.3 Å². The molecule has 0 spiro atoms. The van der Waals surface area contributed by atoms with Crippen LogP contribution >= 0.6 is 11.6 Å². The lowest BCUT2D eigenvalue weighted by atomic mass is 9.92. The van der Waals surface area contributed by atoms with Gasteiger partial charge in [-0.05, 0) is 55.6 Å². The molecule has 1 heterocycles. The van der Waals surface area contributed by atoms with E-state index in [0.717, 1.165) is 31.2 Å². The molecular weight excluding hydrogens is 304 g/mol. The molecule has 1 atom stereocenters. The van der Waals surface area contributed by atoms with Crippen LogP contribution in [-0.4, -0.2) is 31.1 Å². The Kier molecular flexibility index (Phi) is 5.37. The van der Waals surface area contributed by atoms with Gasteiger partial charge in [-0.1, -0.05) is 47.5 Å². The summed E-state index contributed by atoms with van der Waals surface area (Å²) in [6, 6.07) is 15.4. The van der Waals surface area contributed by atoms with Crippen LogP contribution in [-0.2, 0) is 0 Å². The fraction of sp³-hybridized carbons (Fsp3) is 0.400. The third-order valence-corrected chi connectivity index (χ3v) is 4.91. The van der Waals surface area contributed by atoms with E-state index in [0.29, 0.717) is 6.04 Å². The molecule has 1 aliphatic rings. The average Bonchev–Trinajstić information content (AvgIpc) is 2.82. The van der Waals surface area contributed by atoms with Crippen LogP contribution < -0.4 is 5.32 Å². The topological polar surface area (TPSA) is 15.3 Å². The van der Waals surface area contributed by atoms with Gasteiger partial charge in [-0.2, -0.15) is 0 Å². The van der Waals surface area contributed by atoms with E-state index in [-0.39, 0.29) is 0 Å². The monoisotopic (exact) mass is 328 g/mol. The number of nitrogens with zero attached hydrogens (tertiary/aromatic N) is 1. The maximum Gasteiger partial charge on any atom is 0.0604 e. The highest BCUT2D eigenvalue weighted by atomic mass is 35.5. The van der Waals surface area contributed by atoms with Crippen molar-refractivity contribution < 1.29 is 0 Å². The zero-order valence-corrected chi connectivity index (χ0v) is 14.7. The van der Waals surface area contributed by atoms with Crippen molar-refractivity contribution in [2.75, 3.05) is 26.2 Å². The lowest BCUT2D eigenvalue weighted by Crippen LogP contribution is -2.33. The second-order valence-corrected chi connectivity index (χ2v) is 6.89. The molecule has 3 rings (SSSR count). The van der Waals surface area contributed by atoms with Crippen molar-refractivity contribution in [3.05, 3.63) is 69.7 Å². The summed E-state index contributed by atoms with van der Waals surface area (Å²) < 4.78 is 0. The van der Waals surface area contributed by atoms with Gasteiger partial charge in [-0.15, -0.1) is 0 Å². The molecule has 0 amide bonds. The van der Waals surface area contributed by atoms with Crippen LogP contribution in [0.5, 0.6) is 0 Å². The van der Waals surface area contributed by atoms with Gasteiger partial charge in [0.15, 0.2) is 0 Å². The quantitative estimate of drug-likeness (QED) is 0.901. The molecule has 2 aromatic carbocycles. The Bertz CT molecular complexity index is 643. The Hall–Kier alpha value is -1.35. The minimum atomic E-state index is 0.298. The van der Waals surface area contributed by atoms with Gasteiger partial charge in [0.25, 0.3) is 0 Å². The fourth-order valence-corrected chi connectivity index (χ4v) is 3.54. The Balaban J connectivity index is 2.04. The van der Waals surface area contributed by atoms with Crippen molar-refractivity contribution in [2.24, 2.45) is 0 Å². The largest absolute Gasteiger partial charge is 0.315 e. The molecule has 2 aromatic rings. The number of benzene rings is 2. The predicted molar refractivity (Wildman–Crippen MR) is 98.3 cm³/mol. The molecule has 1 unspecified atom stereocenters. The zero-order chi connectivity index (χ0) is 16.2. The molecule has 1 fully saturated rings. The van der Waals surface area contributed by atoms with Crippen LogP contribution in [0.25, 0.3) is 0 Å². The number of hydrogen-bond acceptors (Lipinski definition) is 2. The van der Waals surface area contributed by atoms with Crippen LogP contribution in [0.2, 0.25) is 5.02 Å². The summed E-state index contributed by atoms with van der Waals surface area (Å²) in [4.78, 5) is 2.60. The van der Waals surface area contributed by atoms with E-state index in [1.165, 1.54) is 28.7 Å². The van der Waals surface area contributed by atoms with Gasteiger partial charge in [0, 0.05) is 24.7 Å². The zero-order valence-electron chi connectivity index (χ0n) is 14.0. The van der Waals surface area contributed by atoms with Gasteiger partial charge in [0.2, 0.25) is 0 Å². The van der Waals surface area contributed by atoms with Crippen molar-refractivity contribution >= 4 is 11.6 Å². The van der Waals surface area contributed by atoms with Crippen LogP contribution in [0, 0.1) is 13.8 Å². The lowest BCUT2D eigenvalue weighted by Gasteiger charge is -2.32. The van der Waals surface area contributed by atoms with Crippen LogP contribution in [0.4, 0.5) is 0 Å². The second-order valence-electron chi connectivity index (χ2n) is 6.45. The molecule has 0 bridgehead atoms. The van der Waals surface area contributed by atoms with Crippen molar-refractivity contribution in [1.82, 2.24) is 10.2 Å². The van der Waals surface area contributed by atoms with E-state index < -0.39 is 0 Å². The molecule has 0 aliphatic carbocycles. The van der Waals surface area contributed by atoms with Crippen LogP contribution in [0.3, 0.4) is 0 Å². The van der Waals surface area contributed by atoms with E-state index >= 15 is 0 Å². The van der Waals surface area contributed by atoms with Gasteiger partial charge in [0.05, 0.1) is 6.04 Å². The predicted octanol–water partition coefficient (Wildman–Crippen LogP) is 4.34. The molecule has 3 heteroatoms. The highest BCUT2D eigenvalue weighted by Gasteiger charge is 2.24. The van der Waals surface area contributed by atoms with E-state index in [2.05, 4.69) is 54.4 Å². The first-order valence-electron chi connectivity index (χ1n) is 8.42. The first kappa shape index (κ1) is 16.5. The minimum Gasteiger partial charge on any atom is -0.315 e. The molecule has 23 heavy (non-hydrogen) atoms. The first-order valence-corrected chi connectivity index (χ1v) is 8.80. The van der Waals surface area contributed by atoms with Gasteiger partial charge in [-0.25, -0.2) is 0 Å². The Morgan fingerprint density at radius 1 is 1.00 bits per heavy atom. The van der Waals surface area contributed by atoms with E-state index in [9.17, 15) is 0 Å². The second kappa shape index (κ2) is 7.48. The normalized spacial score (nSPS) is 17.7. The van der Waals surface area contributed by atoms with E-state index in [1.54, 1.807) is 0 Å². The molecule has 0 saturated carbocycles. The fourth-order valence-electron chi connectivity index (χ4n) is 3.41. The minimum absolute atomic E-state index is 0.298. The number of rotatable bonds is 3. The maximum absolute atomic E-state index is 6.11. The van der Waals surface area contributed by atoms with Crippen LogP contribution in [0.15, 0.2) is 42.5 Å². The van der Waals surface area contributed by atoms with Gasteiger partial charge >= 0.3 is 0 Å². The summed E-state index contributed by atoms with van der Waals surface area (Å²) in [5.74, 6) is 0. The number of nitrogens with one attached hydrogen (secondary N) is 1. The highest BCUT2D eigenvalue weighted by Crippen LogP contribution is 2.32. The first-order chi connectivity index (χ1) is 11.1. The molecule has 0 aromatic heterocycles.